The van der Waals surface area contributed by atoms with E-state index in [-0.39, 0.29) is 12.0 Å². The quantitative estimate of drug-likeness (QED) is 0.108. The first-order chi connectivity index (χ1) is 21.4. The number of carbonyl (C=O) groups excluding carboxylic acids is 1. The Bertz CT molecular complexity index is 1740. The number of hydrogen-bond donors (Lipinski definition) is 3. The number of rotatable bonds is 12. The van der Waals surface area contributed by atoms with Gasteiger partial charge >= 0.3 is 12.6 Å². The van der Waals surface area contributed by atoms with Gasteiger partial charge < -0.3 is 28.9 Å². The van der Waals surface area contributed by atoms with Gasteiger partial charge in [-0.2, -0.15) is 0 Å². The van der Waals surface area contributed by atoms with Gasteiger partial charge in [0.15, 0.2) is 29.4 Å². The maximum atomic E-state index is 15.9. The highest BCUT2D eigenvalue weighted by atomic mass is 35.5. The molecule has 4 aromatic rings. The first-order valence-corrected chi connectivity index (χ1v) is 17.4. The molecule has 1 fully saturated rings. The number of halogens is 2. The molecule has 6 atom stereocenters. The number of aryl methyl sites for hydroxylation is 1. The lowest BCUT2D eigenvalue weighted by atomic mass is 9.99. The third-order valence-electron chi connectivity index (χ3n) is 7.24. The van der Waals surface area contributed by atoms with Crippen LogP contribution < -0.4 is 14.9 Å². The Labute approximate surface area is 269 Å². The standard InChI is InChI=1S/C29H35ClFN6O6PS/c1-16(2)41-28(39)17(3)36-44(45,43-21-12-8-10-19-9-6-7-11-20(19)21)40-14-29(13-30)24(38)22(31)27(42-29)37-15-33-23-25(32-5)34-18(4)35-26(23)37/h6-12,15-17,22,24,27,38H,13-14H2,1-5H3,(H,36,45)(H,32,34,35)/t17-,22+,24+,27-,29-,44+/m1/s1. The largest absolute Gasteiger partial charge is 0.462 e. The third kappa shape index (κ3) is 6.78. The average Bonchev–Trinajstić information content (AvgIpc) is 3.54. The van der Waals surface area contributed by atoms with Crippen molar-refractivity contribution in [2.75, 3.05) is 24.9 Å². The number of aliphatic hydroxyl groups excluding tert-OH is 1. The van der Waals surface area contributed by atoms with Gasteiger partial charge in [-0.3, -0.25) is 9.36 Å². The van der Waals surface area contributed by atoms with Crippen LogP contribution in [-0.2, 0) is 30.6 Å². The number of benzene rings is 2. The molecule has 3 N–H and O–H groups in total. The van der Waals surface area contributed by atoms with Crippen LogP contribution in [0.4, 0.5) is 10.2 Å². The van der Waals surface area contributed by atoms with E-state index in [1.165, 1.54) is 10.9 Å². The van der Waals surface area contributed by atoms with Crippen LogP contribution in [-0.4, -0.2) is 80.2 Å². The minimum absolute atomic E-state index is 0.307. The Morgan fingerprint density at radius 1 is 1.24 bits per heavy atom. The number of aromatic nitrogens is 4. The van der Waals surface area contributed by atoms with Crippen LogP contribution in [0.15, 0.2) is 48.8 Å². The predicted molar refractivity (Wildman–Crippen MR) is 173 cm³/mol. The summed E-state index contributed by atoms with van der Waals surface area (Å²) in [6, 6.07) is 12.0. The zero-order chi connectivity index (χ0) is 32.5. The Balaban J connectivity index is 1.45. The minimum atomic E-state index is -3.63. The molecule has 45 heavy (non-hydrogen) atoms. The number of hydrogen-bond acceptors (Lipinski definition) is 11. The monoisotopic (exact) mass is 680 g/mol. The smallest absolute Gasteiger partial charge is 0.323 e. The molecule has 2 aromatic heterocycles. The van der Waals surface area contributed by atoms with Gasteiger partial charge in [0.05, 0.1) is 24.9 Å². The van der Waals surface area contributed by atoms with Crippen molar-refractivity contribution in [2.45, 2.75) is 63.9 Å². The molecule has 1 saturated heterocycles. The summed E-state index contributed by atoms with van der Waals surface area (Å²) in [5, 5.41) is 18.8. The van der Waals surface area contributed by atoms with Crippen molar-refractivity contribution in [3.63, 3.8) is 0 Å². The molecule has 3 heterocycles. The zero-order valence-corrected chi connectivity index (χ0v) is 27.8. The summed E-state index contributed by atoms with van der Waals surface area (Å²) >= 11 is 12.3. The second-order valence-electron chi connectivity index (χ2n) is 11.0. The summed E-state index contributed by atoms with van der Waals surface area (Å²) in [4.78, 5) is 25.8. The number of nitrogens with one attached hydrogen (secondary N) is 2. The molecule has 5 rings (SSSR count). The first-order valence-electron chi connectivity index (χ1n) is 14.3. The fourth-order valence-electron chi connectivity index (χ4n) is 5.00. The molecule has 0 bridgehead atoms. The van der Waals surface area contributed by atoms with Crippen LogP contribution in [0.25, 0.3) is 21.9 Å². The van der Waals surface area contributed by atoms with Crippen LogP contribution in [0.3, 0.4) is 0 Å². The summed E-state index contributed by atoms with van der Waals surface area (Å²) in [6.45, 7) is 2.62. The van der Waals surface area contributed by atoms with E-state index in [1.54, 1.807) is 46.9 Å². The highest BCUT2D eigenvalue weighted by Gasteiger charge is 2.57. The number of fused-ring (bicyclic) bond motifs is 2. The van der Waals surface area contributed by atoms with E-state index in [0.29, 0.717) is 28.6 Å². The Morgan fingerprint density at radius 3 is 2.69 bits per heavy atom. The number of anilines is 1. The van der Waals surface area contributed by atoms with E-state index in [4.69, 9.17) is 41.9 Å². The number of aliphatic hydroxyl groups is 1. The van der Waals surface area contributed by atoms with Crippen molar-refractivity contribution >= 4 is 63.8 Å². The van der Waals surface area contributed by atoms with Crippen LogP contribution in [0.1, 0.15) is 32.8 Å². The molecule has 0 radical (unpaired) electrons. The van der Waals surface area contributed by atoms with Crippen molar-refractivity contribution in [1.82, 2.24) is 24.6 Å². The van der Waals surface area contributed by atoms with E-state index >= 15 is 4.39 Å². The van der Waals surface area contributed by atoms with E-state index in [9.17, 15) is 9.90 Å². The van der Waals surface area contributed by atoms with Gasteiger partial charge in [0.1, 0.15) is 29.3 Å². The maximum Gasteiger partial charge on any atom is 0.323 e. The molecule has 0 spiro atoms. The van der Waals surface area contributed by atoms with Gasteiger partial charge in [0.25, 0.3) is 0 Å². The third-order valence-corrected chi connectivity index (χ3v) is 10.2. The number of ether oxygens (including phenoxy) is 2. The molecular formula is C29H35ClFN6O6PS. The molecule has 16 heteroatoms. The van der Waals surface area contributed by atoms with Gasteiger partial charge in [-0.05, 0) is 51.0 Å². The SMILES string of the molecule is CNc1nc(C)nc2c1ncn2[C@@H]1O[C@](CCl)(CO[P@@](=S)(N[C@H](C)C(=O)OC(C)C)Oc2cccc3ccccc23)[C@@H](O)[C@@H]1F. The predicted octanol–water partition coefficient (Wildman–Crippen LogP) is 4.78. The van der Waals surface area contributed by atoms with E-state index in [0.717, 1.165) is 10.8 Å². The normalized spacial score (nSPS) is 23.7. The van der Waals surface area contributed by atoms with Crippen molar-refractivity contribution in [3.8, 4) is 5.75 Å². The van der Waals surface area contributed by atoms with Crippen molar-refractivity contribution in [2.24, 2.45) is 0 Å². The number of esters is 1. The molecule has 0 unspecified atom stereocenters. The second kappa shape index (κ2) is 13.4. The summed E-state index contributed by atoms with van der Waals surface area (Å²) in [5.74, 6) is 0.365. The van der Waals surface area contributed by atoms with Gasteiger partial charge in [-0.15, -0.1) is 11.6 Å². The Hall–Kier alpha value is -2.97. The average molecular weight is 681 g/mol. The van der Waals surface area contributed by atoms with Crippen LogP contribution in [0, 0.1) is 6.92 Å². The molecule has 12 nitrogen and oxygen atoms in total. The topological polar surface area (TPSA) is 142 Å². The molecule has 2 aromatic carbocycles. The Kier molecular flexibility index (Phi) is 9.95. The van der Waals surface area contributed by atoms with Crippen molar-refractivity contribution < 1.29 is 32.8 Å². The lowest BCUT2D eigenvalue weighted by Crippen LogP contribution is -2.48. The highest BCUT2D eigenvalue weighted by Crippen LogP contribution is 2.50. The molecule has 0 saturated carbocycles. The summed E-state index contributed by atoms with van der Waals surface area (Å²) in [5.41, 5.74) is -1.05. The minimum Gasteiger partial charge on any atom is -0.462 e. The van der Waals surface area contributed by atoms with E-state index in [1.807, 2.05) is 30.3 Å². The van der Waals surface area contributed by atoms with Crippen LogP contribution in [0.5, 0.6) is 5.75 Å². The van der Waals surface area contributed by atoms with Crippen molar-refractivity contribution in [1.29, 1.82) is 0 Å². The van der Waals surface area contributed by atoms with Gasteiger partial charge in [0, 0.05) is 12.4 Å². The zero-order valence-electron chi connectivity index (χ0n) is 25.3. The lowest BCUT2D eigenvalue weighted by Gasteiger charge is -2.33. The van der Waals surface area contributed by atoms with Gasteiger partial charge in [-0.1, -0.05) is 36.4 Å². The van der Waals surface area contributed by atoms with E-state index < -0.39 is 49.4 Å². The first kappa shape index (κ1) is 33.4. The summed E-state index contributed by atoms with van der Waals surface area (Å²) in [6.07, 6.45) is -4.02. The van der Waals surface area contributed by atoms with Crippen LogP contribution >= 0.6 is 18.2 Å². The molecule has 0 amide bonds. The highest BCUT2D eigenvalue weighted by molar-refractivity contribution is 8.09. The molecule has 1 aliphatic heterocycles. The second-order valence-corrected chi connectivity index (χ2v) is 14.4. The van der Waals surface area contributed by atoms with Gasteiger partial charge in [-0.25, -0.2) is 24.4 Å². The number of nitrogens with zero attached hydrogens (tertiary/aromatic N) is 4. The number of imidazole rings is 1. The molecule has 0 aliphatic carbocycles. The summed E-state index contributed by atoms with van der Waals surface area (Å²) < 4.78 is 41.3. The number of carbonyl (C=O) groups is 1. The van der Waals surface area contributed by atoms with Crippen LogP contribution in [0.2, 0.25) is 0 Å². The molecule has 1 aliphatic rings. The Morgan fingerprint density at radius 2 is 1.98 bits per heavy atom. The van der Waals surface area contributed by atoms with Gasteiger partial charge in [0.2, 0.25) is 0 Å². The maximum absolute atomic E-state index is 15.9. The summed E-state index contributed by atoms with van der Waals surface area (Å²) in [7, 11) is 1.69. The molecule has 242 valence electrons. The molecular weight excluding hydrogens is 646 g/mol. The fourth-order valence-corrected chi connectivity index (χ4v) is 7.74. The van der Waals surface area contributed by atoms with Crippen molar-refractivity contribution in [3.05, 3.63) is 54.6 Å². The number of alkyl halides is 2. The van der Waals surface area contributed by atoms with E-state index in [2.05, 4.69) is 25.4 Å². The fraction of sp³-hybridized carbons (Fsp3) is 0.448. The lowest BCUT2D eigenvalue weighted by molar-refractivity contribution is -0.149.